The van der Waals surface area contributed by atoms with Crippen molar-refractivity contribution in [3.63, 3.8) is 0 Å². The third-order valence-electron chi connectivity index (χ3n) is 5.18. The zero-order valence-corrected chi connectivity index (χ0v) is 12.3. The van der Waals surface area contributed by atoms with Gasteiger partial charge in [-0.15, -0.1) is 0 Å². The second kappa shape index (κ2) is 5.12. The highest BCUT2D eigenvalue weighted by Gasteiger charge is 2.40. The summed E-state index contributed by atoms with van der Waals surface area (Å²) in [5.41, 5.74) is 1.43. The first-order chi connectivity index (χ1) is 9.54. The van der Waals surface area contributed by atoms with Crippen LogP contribution in [-0.2, 0) is 0 Å². The van der Waals surface area contributed by atoms with E-state index in [1.807, 2.05) is 18.9 Å². The van der Waals surface area contributed by atoms with Crippen LogP contribution in [0.2, 0.25) is 0 Å². The Labute approximate surface area is 120 Å². The Balaban J connectivity index is 1.65. The van der Waals surface area contributed by atoms with Gasteiger partial charge in [-0.05, 0) is 67.7 Å². The number of carbonyl (C=O) groups excluding carboxylic acids is 1. The van der Waals surface area contributed by atoms with Gasteiger partial charge in [-0.2, -0.15) is 0 Å². The molecule has 0 radical (unpaired) electrons. The Kier molecular flexibility index (Phi) is 3.45. The van der Waals surface area contributed by atoms with Gasteiger partial charge in [-0.3, -0.25) is 4.79 Å². The molecule has 2 saturated carbocycles. The van der Waals surface area contributed by atoms with E-state index in [1.165, 1.54) is 25.7 Å². The zero-order chi connectivity index (χ0) is 14.3. The summed E-state index contributed by atoms with van der Waals surface area (Å²) in [6.07, 6.45) is 5.44. The molecule has 0 saturated heterocycles. The largest absolute Gasteiger partial charge is 0.508 e. The summed E-state index contributed by atoms with van der Waals surface area (Å²) in [7, 11) is 1.90. The molecule has 3 atom stereocenters. The van der Waals surface area contributed by atoms with Crippen molar-refractivity contribution in [3.05, 3.63) is 29.3 Å². The monoisotopic (exact) mass is 273 g/mol. The van der Waals surface area contributed by atoms with Gasteiger partial charge in [0, 0.05) is 19.2 Å². The topological polar surface area (TPSA) is 40.5 Å². The van der Waals surface area contributed by atoms with Crippen LogP contribution < -0.4 is 0 Å². The molecule has 3 rings (SSSR count). The predicted octanol–water partition coefficient (Wildman–Crippen LogP) is 3.21. The van der Waals surface area contributed by atoms with Crippen LogP contribution >= 0.6 is 0 Å². The molecule has 2 aliphatic rings. The number of phenols is 1. The highest BCUT2D eigenvalue weighted by atomic mass is 16.3. The van der Waals surface area contributed by atoms with Gasteiger partial charge in [0.05, 0.1) is 0 Å². The number of amides is 1. The first-order valence-corrected chi connectivity index (χ1v) is 7.59. The van der Waals surface area contributed by atoms with Crippen LogP contribution in [0.5, 0.6) is 5.75 Å². The maximum Gasteiger partial charge on any atom is 0.253 e. The predicted molar refractivity (Wildman–Crippen MR) is 78.7 cm³/mol. The van der Waals surface area contributed by atoms with E-state index in [1.54, 1.807) is 18.2 Å². The summed E-state index contributed by atoms with van der Waals surface area (Å²) in [5, 5.41) is 9.54. The lowest BCUT2D eigenvalue weighted by Gasteiger charge is -2.27. The molecule has 2 aliphatic carbocycles. The van der Waals surface area contributed by atoms with Gasteiger partial charge >= 0.3 is 0 Å². The van der Waals surface area contributed by atoms with Crippen LogP contribution in [0.1, 0.15) is 41.6 Å². The molecule has 1 N–H and O–H groups in total. The minimum atomic E-state index is 0.0656. The number of phenolic OH excluding ortho intramolecular Hbond substituents is 1. The zero-order valence-electron chi connectivity index (χ0n) is 12.3. The molecule has 108 valence electrons. The number of hydrogen-bond donors (Lipinski definition) is 1. The minimum absolute atomic E-state index is 0.0656. The molecule has 0 heterocycles. The second-order valence-electron chi connectivity index (χ2n) is 6.62. The molecule has 20 heavy (non-hydrogen) atoms. The lowest BCUT2D eigenvalue weighted by molar-refractivity contribution is 0.0754. The summed E-state index contributed by atoms with van der Waals surface area (Å²) in [6, 6.07) is 5.09. The smallest absolute Gasteiger partial charge is 0.253 e. The van der Waals surface area contributed by atoms with Gasteiger partial charge in [0.25, 0.3) is 5.91 Å². The van der Waals surface area contributed by atoms with E-state index in [-0.39, 0.29) is 11.7 Å². The van der Waals surface area contributed by atoms with Crippen molar-refractivity contribution in [1.82, 2.24) is 4.90 Å². The summed E-state index contributed by atoms with van der Waals surface area (Å²) in [5.74, 6) is 2.77. The lowest BCUT2D eigenvalue weighted by Crippen LogP contribution is -2.33. The molecule has 1 aromatic carbocycles. The van der Waals surface area contributed by atoms with Crippen molar-refractivity contribution < 1.29 is 9.90 Å². The number of fused-ring (bicyclic) bond motifs is 2. The molecule has 2 bridgehead atoms. The first kappa shape index (κ1) is 13.5. The van der Waals surface area contributed by atoms with Crippen molar-refractivity contribution in [3.8, 4) is 5.75 Å². The fraction of sp³-hybridized carbons (Fsp3) is 0.588. The van der Waals surface area contributed by atoms with Crippen LogP contribution in [0.4, 0.5) is 0 Å². The molecule has 0 spiro atoms. The normalized spacial score (nSPS) is 27.8. The van der Waals surface area contributed by atoms with Gasteiger partial charge in [-0.1, -0.05) is 6.42 Å². The molecular weight excluding hydrogens is 250 g/mol. The number of hydrogen-bond acceptors (Lipinski definition) is 2. The maximum atomic E-state index is 12.4. The van der Waals surface area contributed by atoms with Gasteiger partial charge in [0.2, 0.25) is 0 Å². The van der Waals surface area contributed by atoms with Crippen LogP contribution in [-0.4, -0.2) is 29.5 Å². The molecule has 1 aromatic rings. The van der Waals surface area contributed by atoms with E-state index >= 15 is 0 Å². The van der Waals surface area contributed by atoms with Crippen molar-refractivity contribution in [2.75, 3.05) is 13.6 Å². The van der Waals surface area contributed by atoms with E-state index in [0.717, 1.165) is 23.9 Å². The van der Waals surface area contributed by atoms with Crippen molar-refractivity contribution in [1.29, 1.82) is 0 Å². The highest BCUT2D eigenvalue weighted by molar-refractivity contribution is 5.94. The quantitative estimate of drug-likeness (QED) is 0.918. The Morgan fingerprint density at radius 2 is 2.15 bits per heavy atom. The van der Waals surface area contributed by atoms with Crippen LogP contribution in [0.3, 0.4) is 0 Å². The number of carbonyl (C=O) groups is 1. The Bertz CT molecular complexity index is 526. The average molecular weight is 273 g/mol. The van der Waals surface area contributed by atoms with Crippen molar-refractivity contribution >= 4 is 5.91 Å². The van der Waals surface area contributed by atoms with Crippen LogP contribution in [0.25, 0.3) is 0 Å². The Morgan fingerprint density at radius 3 is 2.75 bits per heavy atom. The van der Waals surface area contributed by atoms with Gasteiger partial charge in [0.15, 0.2) is 0 Å². The molecule has 2 fully saturated rings. The maximum absolute atomic E-state index is 12.4. The fourth-order valence-corrected chi connectivity index (χ4v) is 4.04. The molecule has 3 unspecified atom stereocenters. The molecular formula is C17H23NO2. The van der Waals surface area contributed by atoms with Crippen molar-refractivity contribution in [2.45, 2.75) is 32.6 Å². The molecule has 0 aliphatic heterocycles. The molecule has 3 heteroatoms. The van der Waals surface area contributed by atoms with E-state index in [4.69, 9.17) is 0 Å². The summed E-state index contributed by atoms with van der Waals surface area (Å²) >= 11 is 0. The number of nitrogens with zero attached hydrogens (tertiary/aromatic N) is 1. The van der Waals surface area contributed by atoms with E-state index in [9.17, 15) is 9.90 Å². The third kappa shape index (κ3) is 2.41. The van der Waals surface area contributed by atoms with Gasteiger partial charge in [0.1, 0.15) is 5.75 Å². The lowest BCUT2D eigenvalue weighted by atomic mass is 9.88. The fourth-order valence-electron chi connectivity index (χ4n) is 4.04. The summed E-state index contributed by atoms with van der Waals surface area (Å²) in [6.45, 7) is 2.70. The highest BCUT2D eigenvalue weighted by Crippen LogP contribution is 2.48. The van der Waals surface area contributed by atoms with Crippen molar-refractivity contribution in [2.24, 2.45) is 17.8 Å². The standard InChI is InChI=1S/C17H23NO2/c1-11-7-14(5-6-16(11)19)17(20)18(2)10-15-9-12-3-4-13(15)8-12/h5-7,12-13,15,19H,3-4,8-10H2,1-2H3. The number of benzene rings is 1. The Hall–Kier alpha value is -1.51. The van der Waals surface area contributed by atoms with E-state index in [0.29, 0.717) is 11.5 Å². The van der Waals surface area contributed by atoms with E-state index in [2.05, 4.69) is 0 Å². The Morgan fingerprint density at radius 1 is 1.35 bits per heavy atom. The molecule has 3 nitrogen and oxygen atoms in total. The number of rotatable bonds is 3. The molecule has 0 aromatic heterocycles. The van der Waals surface area contributed by atoms with E-state index < -0.39 is 0 Å². The van der Waals surface area contributed by atoms with Crippen LogP contribution in [0, 0.1) is 24.7 Å². The third-order valence-corrected chi connectivity index (χ3v) is 5.18. The second-order valence-corrected chi connectivity index (χ2v) is 6.62. The summed E-state index contributed by atoms with van der Waals surface area (Å²) < 4.78 is 0. The number of aryl methyl sites for hydroxylation is 1. The van der Waals surface area contributed by atoms with Gasteiger partial charge < -0.3 is 10.0 Å². The number of aromatic hydroxyl groups is 1. The van der Waals surface area contributed by atoms with Gasteiger partial charge in [-0.25, -0.2) is 0 Å². The molecule has 1 amide bonds. The average Bonchev–Trinajstić information content (AvgIpc) is 3.03. The minimum Gasteiger partial charge on any atom is -0.508 e. The first-order valence-electron chi connectivity index (χ1n) is 7.59. The van der Waals surface area contributed by atoms with Crippen LogP contribution in [0.15, 0.2) is 18.2 Å². The summed E-state index contributed by atoms with van der Waals surface area (Å²) in [4.78, 5) is 14.3. The SMILES string of the molecule is Cc1cc(C(=O)N(C)CC2CC3CCC2C3)ccc1O.